The maximum absolute atomic E-state index is 5.93. The molecule has 0 aliphatic heterocycles. The van der Waals surface area contributed by atoms with Crippen molar-refractivity contribution in [3.8, 4) is 5.75 Å². The summed E-state index contributed by atoms with van der Waals surface area (Å²) in [7, 11) is 0. The van der Waals surface area contributed by atoms with E-state index in [1.807, 2.05) is 20.0 Å². The molecule has 0 bridgehead atoms. The number of ether oxygens (including phenoxy) is 1. The number of hydrogen-bond donors (Lipinski definition) is 2. The minimum absolute atomic E-state index is 0.143. The highest BCUT2D eigenvalue weighted by molar-refractivity contribution is 7.11. The number of aromatic nitrogens is 1. The minimum Gasteiger partial charge on any atom is -0.491 e. The Hall–Kier alpha value is -2.08. The van der Waals surface area contributed by atoms with Gasteiger partial charge in [0, 0.05) is 23.2 Å². The Labute approximate surface area is 154 Å². The molecule has 2 rings (SSSR count). The Bertz CT molecular complexity index is 709. The molecule has 0 saturated carbocycles. The molecule has 0 fully saturated rings. The molecule has 0 saturated heterocycles. The van der Waals surface area contributed by atoms with Crippen molar-refractivity contribution < 1.29 is 4.74 Å². The van der Waals surface area contributed by atoms with Crippen LogP contribution in [0.4, 0.5) is 0 Å². The molecule has 25 heavy (non-hydrogen) atoms. The lowest BCUT2D eigenvalue weighted by Gasteiger charge is -2.15. The molecule has 6 heteroatoms. The normalized spacial score (nSPS) is 11.7. The van der Waals surface area contributed by atoms with E-state index in [0.717, 1.165) is 28.8 Å². The van der Waals surface area contributed by atoms with Gasteiger partial charge in [-0.05, 0) is 46.2 Å². The van der Waals surface area contributed by atoms with Gasteiger partial charge in [-0.3, -0.25) is 0 Å². The topological polar surface area (TPSA) is 58.5 Å². The summed E-state index contributed by atoms with van der Waals surface area (Å²) in [6.07, 6.45) is 2.04. The van der Waals surface area contributed by atoms with Crippen molar-refractivity contribution in [2.75, 3.05) is 6.54 Å². The summed E-state index contributed by atoms with van der Waals surface area (Å²) in [5, 5.41) is 7.67. The third kappa shape index (κ3) is 6.38. The summed E-state index contributed by atoms with van der Waals surface area (Å²) in [4.78, 5) is 10.3. The molecule has 0 radical (unpaired) electrons. The molecule has 136 valence electrons. The highest BCUT2D eigenvalue weighted by Crippen LogP contribution is 2.22. The number of rotatable bonds is 7. The third-order valence-electron chi connectivity index (χ3n) is 3.41. The van der Waals surface area contributed by atoms with E-state index in [9.17, 15) is 0 Å². The molecule has 1 aromatic heterocycles. The van der Waals surface area contributed by atoms with Crippen LogP contribution in [0.3, 0.4) is 0 Å². The number of guanidine groups is 1. The predicted octanol–water partition coefficient (Wildman–Crippen LogP) is 3.80. The van der Waals surface area contributed by atoms with E-state index >= 15 is 0 Å². The van der Waals surface area contributed by atoms with E-state index in [2.05, 4.69) is 54.6 Å². The zero-order valence-corrected chi connectivity index (χ0v) is 16.5. The third-order valence-corrected chi connectivity index (χ3v) is 4.33. The van der Waals surface area contributed by atoms with Crippen LogP contribution < -0.4 is 15.4 Å². The molecular weight excluding hydrogens is 332 g/mol. The van der Waals surface area contributed by atoms with Crippen molar-refractivity contribution in [2.45, 2.75) is 53.8 Å². The first-order valence-corrected chi connectivity index (χ1v) is 9.49. The summed E-state index contributed by atoms with van der Waals surface area (Å²) in [5.74, 6) is 1.69. The molecule has 0 atom stereocenters. The Morgan fingerprint density at radius 1 is 1.28 bits per heavy atom. The average Bonchev–Trinajstić information content (AvgIpc) is 2.96. The Kier molecular flexibility index (Phi) is 7.25. The quantitative estimate of drug-likeness (QED) is 0.582. The van der Waals surface area contributed by atoms with Crippen molar-refractivity contribution in [2.24, 2.45) is 4.99 Å². The molecule has 0 amide bonds. The second-order valence-electron chi connectivity index (χ2n) is 6.19. The van der Waals surface area contributed by atoms with Gasteiger partial charge in [-0.2, -0.15) is 0 Å². The predicted molar refractivity (Wildman–Crippen MR) is 105 cm³/mol. The van der Waals surface area contributed by atoms with Crippen LogP contribution in [-0.4, -0.2) is 23.6 Å². The minimum atomic E-state index is 0.143. The van der Waals surface area contributed by atoms with Gasteiger partial charge in [-0.25, -0.2) is 9.98 Å². The van der Waals surface area contributed by atoms with E-state index in [-0.39, 0.29) is 6.10 Å². The van der Waals surface area contributed by atoms with Crippen LogP contribution in [0.15, 0.2) is 29.4 Å². The van der Waals surface area contributed by atoms with E-state index < -0.39 is 0 Å². The smallest absolute Gasteiger partial charge is 0.191 e. The molecule has 1 aromatic carbocycles. The summed E-state index contributed by atoms with van der Waals surface area (Å²) in [5.41, 5.74) is 2.27. The first-order valence-electron chi connectivity index (χ1n) is 8.67. The van der Waals surface area contributed by atoms with Crippen LogP contribution in [0.1, 0.15) is 41.8 Å². The number of aliphatic imine (C=N–C) groups is 1. The van der Waals surface area contributed by atoms with Crippen LogP contribution in [0.25, 0.3) is 0 Å². The molecule has 0 spiro atoms. The van der Waals surface area contributed by atoms with Crippen LogP contribution in [0, 0.1) is 13.8 Å². The maximum Gasteiger partial charge on any atom is 0.191 e. The Morgan fingerprint density at radius 3 is 2.72 bits per heavy atom. The number of nitrogens with zero attached hydrogens (tertiary/aromatic N) is 2. The Morgan fingerprint density at radius 2 is 2.08 bits per heavy atom. The SMILES string of the molecule is CCNC(=NCc1ccc(C)cc1OC(C)C)NCc1ncc(C)s1. The number of aryl methyl sites for hydroxylation is 2. The van der Waals surface area contributed by atoms with E-state index in [1.165, 1.54) is 10.4 Å². The van der Waals surface area contributed by atoms with Gasteiger partial charge in [0.05, 0.1) is 19.2 Å². The monoisotopic (exact) mass is 360 g/mol. The van der Waals surface area contributed by atoms with Gasteiger partial charge >= 0.3 is 0 Å². The summed E-state index contributed by atoms with van der Waals surface area (Å²) >= 11 is 1.70. The molecule has 5 nitrogen and oxygen atoms in total. The first-order chi connectivity index (χ1) is 12.0. The second kappa shape index (κ2) is 9.42. The molecule has 0 unspecified atom stereocenters. The van der Waals surface area contributed by atoms with E-state index in [0.29, 0.717) is 13.1 Å². The molecular formula is C19H28N4OS. The average molecular weight is 361 g/mol. The summed E-state index contributed by atoms with van der Waals surface area (Å²) in [6.45, 7) is 12.3. The van der Waals surface area contributed by atoms with Crippen molar-refractivity contribution in [3.05, 3.63) is 45.4 Å². The molecule has 1 heterocycles. The van der Waals surface area contributed by atoms with Gasteiger partial charge in [0.15, 0.2) is 5.96 Å². The lowest BCUT2D eigenvalue weighted by molar-refractivity contribution is 0.240. The van der Waals surface area contributed by atoms with Crippen LogP contribution in [0.2, 0.25) is 0 Å². The van der Waals surface area contributed by atoms with Crippen LogP contribution in [0.5, 0.6) is 5.75 Å². The van der Waals surface area contributed by atoms with Gasteiger partial charge in [-0.1, -0.05) is 12.1 Å². The fraction of sp³-hybridized carbons (Fsp3) is 0.474. The number of benzene rings is 1. The summed E-state index contributed by atoms with van der Waals surface area (Å²) in [6, 6.07) is 6.25. The summed E-state index contributed by atoms with van der Waals surface area (Å²) < 4.78 is 5.93. The van der Waals surface area contributed by atoms with Crippen molar-refractivity contribution in [1.29, 1.82) is 0 Å². The van der Waals surface area contributed by atoms with Gasteiger partial charge in [0.25, 0.3) is 0 Å². The largest absolute Gasteiger partial charge is 0.491 e. The molecule has 2 N–H and O–H groups in total. The van der Waals surface area contributed by atoms with Gasteiger partial charge < -0.3 is 15.4 Å². The first kappa shape index (κ1) is 19.2. The zero-order chi connectivity index (χ0) is 18.2. The lowest BCUT2D eigenvalue weighted by atomic mass is 10.1. The molecule has 0 aliphatic carbocycles. The standard InChI is InChI=1S/C19H28N4OS/c1-6-20-19(23-12-18-21-10-15(5)25-18)22-11-16-8-7-14(4)9-17(16)24-13(2)3/h7-10,13H,6,11-12H2,1-5H3,(H2,20,22,23). The Balaban J connectivity index is 2.07. The van der Waals surface area contributed by atoms with Crippen LogP contribution in [-0.2, 0) is 13.1 Å². The van der Waals surface area contributed by atoms with E-state index in [1.54, 1.807) is 11.3 Å². The van der Waals surface area contributed by atoms with Crippen LogP contribution >= 0.6 is 11.3 Å². The molecule has 0 aliphatic rings. The lowest BCUT2D eigenvalue weighted by Crippen LogP contribution is -2.36. The van der Waals surface area contributed by atoms with Gasteiger partial charge in [0.1, 0.15) is 10.8 Å². The van der Waals surface area contributed by atoms with Crippen molar-refractivity contribution >= 4 is 17.3 Å². The number of thiazole rings is 1. The fourth-order valence-corrected chi connectivity index (χ4v) is 3.03. The number of hydrogen-bond acceptors (Lipinski definition) is 4. The molecule has 2 aromatic rings. The fourth-order valence-electron chi connectivity index (χ4n) is 2.30. The highest BCUT2D eigenvalue weighted by Gasteiger charge is 2.07. The van der Waals surface area contributed by atoms with Crippen molar-refractivity contribution in [1.82, 2.24) is 15.6 Å². The van der Waals surface area contributed by atoms with E-state index in [4.69, 9.17) is 9.73 Å². The van der Waals surface area contributed by atoms with Gasteiger partial charge in [0.2, 0.25) is 0 Å². The van der Waals surface area contributed by atoms with Crippen molar-refractivity contribution in [3.63, 3.8) is 0 Å². The highest BCUT2D eigenvalue weighted by atomic mass is 32.1. The van der Waals surface area contributed by atoms with Gasteiger partial charge in [-0.15, -0.1) is 11.3 Å². The maximum atomic E-state index is 5.93. The number of nitrogens with one attached hydrogen (secondary N) is 2. The zero-order valence-electron chi connectivity index (χ0n) is 15.7. The second-order valence-corrected chi connectivity index (χ2v) is 7.51.